The Morgan fingerprint density at radius 1 is 1.33 bits per heavy atom. The first-order valence-electron chi connectivity index (χ1n) is 7.26. The van der Waals surface area contributed by atoms with E-state index in [1.807, 2.05) is 6.92 Å². The van der Waals surface area contributed by atoms with Crippen molar-refractivity contribution >= 4 is 15.7 Å². The highest BCUT2D eigenvalue weighted by atomic mass is 32.2. The molecule has 1 aromatic rings. The summed E-state index contributed by atoms with van der Waals surface area (Å²) in [5.41, 5.74) is 1.36. The predicted molar refractivity (Wildman–Crippen MR) is 80.0 cm³/mol. The number of amides is 1. The van der Waals surface area contributed by atoms with Crippen LogP contribution in [0.25, 0.3) is 0 Å². The largest absolute Gasteiger partial charge is 0.349 e. The molecule has 2 N–H and O–H groups in total. The maximum atomic E-state index is 12.5. The van der Waals surface area contributed by atoms with Crippen LogP contribution in [0.15, 0.2) is 23.1 Å². The Labute approximate surface area is 125 Å². The van der Waals surface area contributed by atoms with Gasteiger partial charge >= 0.3 is 0 Å². The van der Waals surface area contributed by atoms with E-state index in [9.17, 15) is 13.2 Å². The van der Waals surface area contributed by atoms with Crippen LogP contribution in [-0.4, -0.2) is 39.7 Å². The average Bonchev–Trinajstić information content (AvgIpc) is 2.87. The minimum Gasteiger partial charge on any atom is -0.349 e. The van der Waals surface area contributed by atoms with Gasteiger partial charge in [0.15, 0.2) is 9.84 Å². The van der Waals surface area contributed by atoms with Crippen LogP contribution in [0.2, 0.25) is 0 Å². The Morgan fingerprint density at radius 2 is 2.00 bits per heavy atom. The van der Waals surface area contributed by atoms with Crippen molar-refractivity contribution in [2.75, 3.05) is 19.3 Å². The first kappa shape index (κ1) is 14.5. The maximum absolute atomic E-state index is 12.5. The Kier molecular flexibility index (Phi) is 3.53. The van der Waals surface area contributed by atoms with Gasteiger partial charge in [-0.2, -0.15) is 0 Å². The van der Waals surface area contributed by atoms with Gasteiger partial charge in [0.1, 0.15) is 0 Å². The van der Waals surface area contributed by atoms with Gasteiger partial charge in [-0.15, -0.1) is 0 Å². The molecule has 6 heteroatoms. The third-order valence-electron chi connectivity index (χ3n) is 4.52. The van der Waals surface area contributed by atoms with E-state index in [0.717, 1.165) is 24.9 Å². The summed E-state index contributed by atoms with van der Waals surface area (Å²) < 4.78 is 23.3. The first-order chi connectivity index (χ1) is 9.91. The lowest BCUT2D eigenvalue weighted by atomic mass is 10.0. The highest BCUT2D eigenvalue weighted by Gasteiger charge is 2.53. The Hall–Kier alpha value is -1.40. The second-order valence-corrected chi connectivity index (χ2v) is 7.95. The minimum atomic E-state index is -3.30. The summed E-state index contributed by atoms with van der Waals surface area (Å²) in [6.45, 7) is 3.88. The van der Waals surface area contributed by atoms with Crippen molar-refractivity contribution < 1.29 is 13.2 Å². The van der Waals surface area contributed by atoms with Gasteiger partial charge in [-0.1, -0.05) is 13.0 Å². The van der Waals surface area contributed by atoms with Crippen LogP contribution in [0.4, 0.5) is 0 Å². The van der Waals surface area contributed by atoms with Crippen molar-refractivity contribution in [1.29, 1.82) is 0 Å². The van der Waals surface area contributed by atoms with Gasteiger partial charge in [-0.05, 0) is 36.0 Å². The van der Waals surface area contributed by atoms with E-state index in [1.54, 1.807) is 12.1 Å². The van der Waals surface area contributed by atoms with Crippen molar-refractivity contribution in [3.05, 3.63) is 29.3 Å². The molecular weight excluding hydrogens is 288 g/mol. The molecule has 0 radical (unpaired) electrons. The summed E-state index contributed by atoms with van der Waals surface area (Å²) in [6, 6.07) is 5.05. The fourth-order valence-corrected chi connectivity index (χ4v) is 3.81. The lowest BCUT2D eigenvalue weighted by Gasteiger charge is -2.12. The maximum Gasteiger partial charge on any atom is 0.251 e. The number of carbonyl (C=O) groups excluding carboxylic acids is 1. The predicted octanol–water partition coefficient (Wildman–Crippen LogP) is 0.600. The van der Waals surface area contributed by atoms with Crippen LogP contribution in [0, 0.1) is 11.8 Å². The Bertz CT molecular complexity index is 674. The van der Waals surface area contributed by atoms with Gasteiger partial charge in [0.05, 0.1) is 4.90 Å². The molecule has 1 amide bonds. The van der Waals surface area contributed by atoms with Gasteiger partial charge in [-0.25, -0.2) is 8.42 Å². The lowest BCUT2D eigenvalue weighted by Crippen LogP contribution is -2.33. The molecule has 1 heterocycles. The van der Waals surface area contributed by atoms with Gasteiger partial charge in [0, 0.05) is 31.0 Å². The highest BCUT2D eigenvalue weighted by Crippen LogP contribution is 2.41. The van der Waals surface area contributed by atoms with Crippen molar-refractivity contribution in [2.24, 2.45) is 11.8 Å². The van der Waals surface area contributed by atoms with Crippen molar-refractivity contribution in [1.82, 2.24) is 10.6 Å². The molecule has 5 nitrogen and oxygen atoms in total. The van der Waals surface area contributed by atoms with E-state index in [1.165, 1.54) is 6.07 Å². The molecule has 1 unspecified atom stereocenters. The Morgan fingerprint density at radius 3 is 2.57 bits per heavy atom. The second-order valence-electron chi connectivity index (χ2n) is 5.93. The average molecular weight is 308 g/mol. The van der Waals surface area contributed by atoms with Crippen LogP contribution in [0.3, 0.4) is 0 Å². The summed E-state index contributed by atoms with van der Waals surface area (Å²) >= 11 is 0. The third-order valence-corrected chi connectivity index (χ3v) is 5.63. The number of fused-ring (bicyclic) bond motifs is 1. The quantitative estimate of drug-likeness (QED) is 0.854. The van der Waals surface area contributed by atoms with Crippen LogP contribution < -0.4 is 10.6 Å². The van der Waals surface area contributed by atoms with Gasteiger partial charge in [0.25, 0.3) is 5.91 Å². The smallest absolute Gasteiger partial charge is 0.251 e. The van der Waals surface area contributed by atoms with E-state index >= 15 is 0 Å². The minimum absolute atomic E-state index is 0.156. The van der Waals surface area contributed by atoms with E-state index in [4.69, 9.17) is 0 Å². The number of benzene rings is 1. The van der Waals surface area contributed by atoms with Crippen molar-refractivity contribution in [3.63, 3.8) is 0 Å². The molecule has 1 aromatic carbocycles. The topological polar surface area (TPSA) is 75.3 Å². The molecular formula is C15H20N2O3S. The second kappa shape index (κ2) is 5.10. The molecule has 114 valence electrons. The van der Waals surface area contributed by atoms with Gasteiger partial charge in [-0.3, -0.25) is 4.79 Å². The van der Waals surface area contributed by atoms with Gasteiger partial charge < -0.3 is 10.6 Å². The fraction of sp³-hybridized carbons (Fsp3) is 0.533. The van der Waals surface area contributed by atoms with E-state index in [-0.39, 0.29) is 16.8 Å². The number of carbonyl (C=O) groups is 1. The molecule has 3 rings (SSSR count). The van der Waals surface area contributed by atoms with Crippen molar-refractivity contribution in [2.45, 2.75) is 24.3 Å². The molecule has 2 aliphatic rings. The number of hydrogen-bond donors (Lipinski definition) is 2. The monoisotopic (exact) mass is 308 g/mol. The van der Waals surface area contributed by atoms with Crippen LogP contribution >= 0.6 is 0 Å². The summed E-state index contributed by atoms with van der Waals surface area (Å²) in [4.78, 5) is 12.7. The first-order valence-corrected chi connectivity index (χ1v) is 9.15. The SMILES string of the molecule is CCc1ccc(S(C)(=O)=O)cc1C(=O)NC1[C@H]2CNC[C@@H]12. The van der Waals surface area contributed by atoms with E-state index in [0.29, 0.717) is 23.8 Å². The number of aryl methyl sites for hydroxylation is 1. The summed E-state index contributed by atoms with van der Waals surface area (Å²) in [6.07, 6.45) is 1.86. The number of hydrogen-bond acceptors (Lipinski definition) is 4. The van der Waals surface area contributed by atoms with Crippen LogP contribution in [0.5, 0.6) is 0 Å². The zero-order valence-electron chi connectivity index (χ0n) is 12.2. The number of piperidine rings is 1. The Balaban J connectivity index is 1.84. The molecule has 0 spiro atoms. The molecule has 2 fully saturated rings. The van der Waals surface area contributed by atoms with Gasteiger partial charge in [0.2, 0.25) is 0 Å². The van der Waals surface area contributed by atoms with Crippen LogP contribution in [0.1, 0.15) is 22.8 Å². The zero-order chi connectivity index (χ0) is 15.2. The zero-order valence-corrected chi connectivity index (χ0v) is 13.0. The molecule has 0 aromatic heterocycles. The molecule has 21 heavy (non-hydrogen) atoms. The molecule has 3 atom stereocenters. The summed E-state index contributed by atoms with van der Waals surface area (Å²) in [7, 11) is -3.30. The van der Waals surface area contributed by atoms with E-state index < -0.39 is 9.84 Å². The highest BCUT2D eigenvalue weighted by molar-refractivity contribution is 7.90. The standard InChI is InChI=1S/C15H20N2O3S/c1-3-9-4-5-10(21(2,19)20)6-11(9)15(18)17-14-12-7-16-8-13(12)14/h4-6,12-14,16H,3,7-8H2,1-2H3,(H,17,18)/t12-,13+,14?. The van der Waals surface area contributed by atoms with Crippen molar-refractivity contribution in [3.8, 4) is 0 Å². The number of nitrogens with one attached hydrogen (secondary N) is 2. The third kappa shape index (κ3) is 2.70. The molecule has 1 aliphatic carbocycles. The molecule has 0 bridgehead atoms. The van der Waals surface area contributed by atoms with Crippen LogP contribution in [-0.2, 0) is 16.3 Å². The summed E-state index contributed by atoms with van der Waals surface area (Å²) in [5.74, 6) is 0.922. The molecule has 1 aliphatic heterocycles. The number of rotatable bonds is 4. The van der Waals surface area contributed by atoms with E-state index in [2.05, 4.69) is 10.6 Å². The summed E-state index contributed by atoms with van der Waals surface area (Å²) in [5, 5.41) is 6.34. The number of sulfone groups is 1. The molecule has 1 saturated heterocycles. The lowest BCUT2D eigenvalue weighted by molar-refractivity contribution is 0.0945. The molecule has 1 saturated carbocycles. The normalized spacial score (nSPS) is 27.2. The fourth-order valence-electron chi connectivity index (χ4n) is 3.17.